The number of halogens is 1. The molecule has 3 N–H and O–H groups in total. The van der Waals surface area contributed by atoms with E-state index in [-0.39, 0.29) is 30.4 Å². The number of hydrogen-bond donors (Lipinski definition) is 2. The molecule has 0 amide bonds. The second-order valence-corrected chi connectivity index (χ2v) is 4.82. The van der Waals surface area contributed by atoms with Gasteiger partial charge in [-0.15, -0.1) is 0 Å². The fourth-order valence-electron chi connectivity index (χ4n) is 2.80. The van der Waals surface area contributed by atoms with Crippen LogP contribution in [0.2, 0.25) is 0 Å². The molecule has 0 spiro atoms. The Bertz CT molecular complexity index is 386. The van der Waals surface area contributed by atoms with Gasteiger partial charge in [0.25, 0.3) is 0 Å². The molecule has 1 saturated carbocycles. The standard InChI is InChI=1S/C14H20FNO2/c15-14-4-2-1-3-12(14)13-8-11(18-6-5-16)7-10(13)9-17/h1-4,10-11,13,17H,5-9,16H2/t10-,11-,13-/m0/s1. The van der Waals surface area contributed by atoms with Gasteiger partial charge < -0.3 is 15.6 Å². The average molecular weight is 253 g/mol. The van der Waals surface area contributed by atoms with Crippen molar-refractivity contribution in [1.29, 1.82) is 0 Å². The van der Waals surface area contributed by atoms with E-state index in [9.17, 15) is 9.50 Å². The first-order valence-corrected chi connectivity index (χ1v) is 6.43. The minimum Gasteiger partial charge on any atom is -0.396 e. The number of benzene rings is 1. The lowest BCUT2D eigenvalue weighted by Gasteiger charge is -2.17. The lowest BCUT2D eigenvalue weighted by atomic mass is 9.89. The van der Waals surface area contributed by atoms with E-state index in [2.05, 4.69) is 0 Å². The lowest BCUT2D eigenvalue weighted by molar-refractivity contribution is 0.0582. The Morgan fingerprint density at radius 1 is 1.33 bits per heavy atom. The summed E-state index contributed by atoms with van der Waals surface area (Å²) in [6, 6.07) is 6.79. The van der Waals surface area contributed by atoms with E-state index >= 15 is 0 Å². The first-order valence-electron chi connectivity index (χ1n) is 6.43. The second-order valence-electron chi connectivity index (χ2n) is 4.82. The molecule has 0 aliphatic heterocycles. The Labute approximate surface area is 107 Å². The minimum absolute atomic E-state index is 0.0407. The molecule has 4 heteroatoms. The van der Waals surface area contributed by atoms with Gasteiger partial charge in [0, 0.05) is 13.2 Å². The van der Waals surface area contributed by atoms with E-state index in [1.165, 1.54) is 6.07 Å². The van der Waals surface area contributed by atoms with Gasteiger partial charge in [-0.2, -0.15) is 0 Å². The Morgan fingerprint density at radius 3 is 2.78 bits per heavy atom. The molecule has 0 aromatic heterocycles. The van der Waals surface area contributed by atoms with Gasteiger partial charge in [0.05, 0.1) is 12.7 Å². The third-order valence-corrected chi connectivity index (χ3v) is 3.66. The summed E-state index contributed by atoms with van der Waals surface area (Å²) in [4.78, 5) is 0. The molecule has 3 atom stereocenters. The van der Waals surface area contributed by atoms with Gasteiger partial charge in [-0.05, 0) is 36.3 Å². The van der Waals surface area contributed by atoms with Crippen molar-refractivity contribution in [3.8, 4) is 0 Å². The Balaban J connectivity index is 2.10. The Kier molecular flexibility index (Phi) is 4.69. The maximum atomic E-state index is 13.8. The van der Waals surface area contributed by atoms with Crippen molar-refractivity contribution in [3.05, 3.63) is 35.6 Å². The molecule has 0 saturated heterocycles. The van der Waals surface area contributed by atoms with Crippen LogP contribution in [0.1, 0.15) is 24.3 Å². The first-order chi connectivity index (χ1) is 8.76. The van der Waals surface area contributed by atoms with Gasteiger partial charge in [-0.3, -0.25) is 0 Å². The fourth-order valence-corrected chi connectivity index (χ4v) is 2.80. The quantitative estimate of drug-likeness (QED) is 0.839. The molecule has 0 unspecified atom stereocenters. The summed E-state index contributed by atoms with van der Waals surface area (Å²) < 4.78 is 19.4. The predicted molar refractivity (Wildman–Crippen MR) is 67.7 cm³/mol. The number of aliphatic hydroxyl groups excluding tert-OH is 1. The van der Waals surface area contributed by atoms with Crippen LogP contribution in [0.15, 0.2) is 24.3 Å². The monoisotopic (exact) mass is 253 g/mol. The molecule has 2 rings (SSSR count). The van der Waals surface area contributed by atoms with E-state index in [1.807, 2.05) is 6.07 Å². The average Bonchev–Trinajstić information content (AvgIpc) is 2.80. The lowest BCUT2D eigenvalue weighted by Crippen LogP contribution is -2.16. The predicted octanol–water partition coefficient (Wildman–Crippen LogP) is 1.66. The maximum Gasteiger partial charge on any atom is 0.126 e. The topological polar surface area (TPSA) is 55.5 Å². The van der Waals surface area contributed by atoms with Gasteiger partial charge in [0.1, 0.15) is 5.82 Å². The minimum atomic E-state index is -0.194. The molecule has 100 valence electrons. The summed E-state index contributed by atoms with van der Waals surface area (Å²) in [5.74, 6) is -0.0796. The summed E-state index contributed by atoms with van der Waals surface area (Å²) in [5.41, 5.74) is 6.10. The van der Waals surface area contributed by atoms with E-state index in [0.717, 1.165) is 12.8 Å². The van der Waals surface area contributed by atoms with E-state index in [4.69, 9.17) is 10.5 Å². The van der Waals surface area contributed by atoms with Crippen molar-refractivity contribution in [2.75, 3.05) is 19.8 Å². The molecular weight excluding hydrogens is 233 g/mol. The molecule has 1 aliphatic carbocycles. The fraction of sp³-hybridized carbons (Fsp3) is 0.571. The highest BCUT2D eigenvalue weighted by Crippen LogP contribution is 2.41. The van der Waals surface area contributed by atoms with Crippen LogP contribution < -0.4 is 5.73 Å². The van der Waals surface area contributed by atoms with Crippen molar-refractivity contribution >= 4 is 0 Å². The summed E-state index contributed by atoms with van der Waals surface area (Å²) in [6.45, 7) is 1.08. The third-order valence-electron chi connectivity index (χ3n) is 3.66. The highest BCUT2D eigenvalue weighted by Gasteiger charge is 2.36. The van der Waals surface area contributed by atoms with Crippen LogP contribution in [0.5, 0.6) is 0 Å². The molecule has 3 nitrogen and oxygen atoms in total. The summed E-state index contributed by atoms with van der Waals surface area (Å²) >= 11 is 0. The smallest absolute Gasteiger partial charge is 0.126 e. The van der Waals surface area contributed by atoms with Gasteiger partial charge in [0.15, 0.2) is 0 Å². The number of nitrogens with two attached hydrogens (primary N) is 1. The zero-order valence-corrected chi connectivity index (χ0v) is 10.4. The van der Waals surface area contributed by atoms with E-state index in [1.54, 1.807) is 12.1 Å². The summed E-state index contributed by atoms with van der Waals surface area (Å²) in [7, 11) is 0. The van der Waals surface area contributed by atoms with Crippen LogP contribution in [-0.4, -0.2) is 31.0 Å². The van der Waals surface area contributed by atoms with Crippen LogP contribution >= 0.6 is 0 Å². The van der Waals surface area contributed by atoms with Crippen LogP contribution in [0.4, 0.5) is 4.39 Å². The van der Waals surface area contributed by atoms with Crippen LogP contribution in [-0.2, 0) is 4.74 Å². The van der Waals surface area contributed by atoms with Crippen molar-refractivity contribution in [2.24, 2.45) is 11.7 Å². The number of ether oxygens (including phenoxy) is 1. The van der Waals surface area contributed by atoms with Crippen molar-refractivity contribution in [3.63, 3.8) is 0 Å². The van der Waals surface area contributed by atoms with Gasteiger partial charge in [-0.1, -0.05) is 18.2 Å². The van der Waals surface area contributed by atoms with Crippen molar-refractivity contribution < 1.29 is 14.2 Å². The zero-order chi connectivity index (χ0) is 13.0. The molecular formula is C14H20FNO2. The van der Waals surface area contributed by atoms with Gasteiger partial charge in [-0.25, -0.2) is 4.39 Å². The molecule has 0 radical (unpaired) electrons. The highest BCUT2D eigenvalue weighted by molar-refractivity contribution is 5.24. The summed E-state index contributed by atoms with van der Waals surface area (Å²) in [5, 5.41) is 9.43. The largest absolute Gasteiger partial charge is 0.396 e. The molecule has 0 heterocycles. The first kappa shape index (κ1) is 13.5. The van der Waals surface area contributed by atoms with Crippen molar-refractivity contribution in [2.45, 2.75) is 24.9 Å². The van der Waals surface area contributed by atoms with Crippen LogP contribution in [0.25, 0.3) is 0 Å². The summed E-state index contributed by atoms with van der Waals surface area (Å²) in [6.07, 6.45) is 1.61. The third kappa shape index (κ3) is 2.88. The van der Waals surface area contributed by atoms with Gasteiger partial charge >= 0.3 is 0 Å². The normalized spacial score (nSPS) is 27.6. The van der Waals surface area contributed by atoms with Crippen LogP contribution in [0, 0.1) is 11.7 Å². The van der Waals surface area contributed by atoms with Crippen molar-refractivity contribution in [1.82, 2.24) is 0 Å². The SMILES string of the molecule is NCCO[C@H]1C[C@@H](CO)[C@@H](c2ccccc2F)C1. The number of rotatable bonds is 5. The zero-order valence-electron chi connectivity index (χ0n) is 10.4. The molecule has 18 heavy (non-hydrogen) atoms. The highest BCUT2D eigenvalue weighted by atomic mass is 19.1. The van der Waals surface area contributed by atoms with Gasteiger partial charge in [0.2, 0.25) is 0 Å². The maximum absolute atomic E-state index is 13.8. The Morgan fingerprint density at radius 2 is 2.11 bits per heavy atom. The Hall–Kier alpha value is -0.970. The number of aliphatic hydroxyl groups is 1. The van der Waals surface area contributed by atoms with E-state index in [0.29, 0.717) is 18.7 Å². The molecule has 1 aromatic carbocycles. The second kappa shape index (κ2) is 6.27. The number of hydrogen-bond acceptors (Lipinski definition) is 3. The van der Waals surface area contributed by atoms with E-state index < -0.39 is 0 Å². The molecule has 1 aromatic rings. The molecule has 1 aliphatic rings. The molecule has 1 fully saturated rings. The van der Waals surface area contributed by atoms with Crippen LogP contribution in [0.3, 0.4) is 0 Å². The molecule has 0 bridgehead atoms.